The van der Waals surface area contributed by atoms with Gasteiger partial charge in [0.25, 0.3) is 20.2 Å². The number of hydrogen-bond donors (Lipinski definition) is 2. The van der Waals surface area contributed by atoms with E-state index in [4.69, 9.17) is 28.4 Å². The fourth-order valence-corrected chi connectivity index (χ4v) is 9.55. The second kappa shape index (κ2) is 19.0. The van der Waals surface area contributed by atoms with E-state index in [1.807, 2.05) is 86.6 Å². The van der Waals surface area contributed by atoms with E-state index < -0.39 is 25.1 Å². The van der Waals surface area contributed by atoms with Crippen LogP contribution in [0.5, 0.6) is 34.5 Å². The van der Waals surface area contributed by atoms with E-state index in [1.54, 1.807) is 7.11 Å². The lowest BCUT2D eigenvalue weighted by Gasteiger charge is -2.26. The summed E-state index contributed by atoms with van der Waals surface area (Å²) in [6.07, 6.45) is 0.459. The van der Waals surface area contributed by atoms with Crippen LogP contribution in [0.4, 0.5) is 0 Å². The Morgan fingerprint density at radius 3 is 1.22 bits per heavy atom. The summed E-state index contributed by atoms with van der Waals surface area (Å²) in [4.78, 5) is -0.798. The smallest absolute Gasteiger partial charge is 0.294 e. The predicted octanol–water partition coefficient (Wildman–Crippen LogP) is 9.41. The van der Waals surface area contributed by atoms with E-state index in [-0.39, 0.29) is 47.7 Å². The van der Waals surface area contributed by atoms with Crippen molar-refractivity contribution in [2.45, 2.75) is 68.6 Å². The molecule has 0 aromatic heterocycles. The number of rotatable bonds is 14. The zero-order chi connectivity index (χ0) is 45.8. The summed E-state index contributed by atoms with van der Waals surface area (Å²) in [5, 5.41) is 0. The van der Waals surface area contributed by atoms with Crippen molar-refractivity contribution < 1.29 is 54.4 Å². The van der Waals surface area contributed by atoms with Crippen molar-refractivity contribution >= 4 is 20.2 Å². The molecule has 0 fully saturated rings. The number of hydrogen-bond acceptors (Lipinski definition) is 10. The minimum absolute atomic E-state index is 0.0871. The van der Waals surface area contributed by atoms with Crippen LogP contribution in [-0.4, -0.2) is 60.2 Å². The minimum atomic E-state index is -4.79. The van der Waals surface area contributed by atoms with Crippen LogP contribution in [0.1, 0.15) is 83.3 Å². The minimum Gasteiger partial charge on any atom is -0.496 e. The monoisotopic (exact) mass is 908 g/mol. The standard InChI is InChI=1S/C50H52O12S2/c1-7-59-42-19-15-40(16-20-42)50(3,4)41-17-21-43(22-18-41)61-31-62-49-38-24-33-12-9-11-32(46(33)57-5)23-34-13-10-14-35(48(34)60-8-2)25-36-27-44(63(51,52)53)28-37(47(36)58-6)26-39(49)30-45(29-38)64(54,55)56/h9-22,27-30H,7-8,23-26,31H2,1-6H3,(H,51,52,53)(H,54,55,56). The van der Waals surface area contributed by atoms with Crippen molar-refractivity contribution in [1.29, 1.82) is 0 Å². The van der Waals surface area contributed by atoms with E-state index in [9.17, 15) is 25.9 Å². The molecule has 0 saturated carbocycles. The molecule has 1 aliphatic carbocycles. The fraction of sp³-hybridized carbons (Fsp3) is 0.280. The molecule has 0 amide bonds. The van der Waals surface area contributed by atoms with E-state index in [1.165, 1.54) is 31.4 Å². The summed E-state index contributed by atoms with van der Waals surface area (Å²) in [6, 6.07) is 32.4. The van der Waals surface area contributed by atoms with Crippen molar-refractivity contribution in [2.24, 2.45) is 0 Å². The molecule has 14 heteroatoms. The highest BCUT2D eigenvalue weighted by Crippen LogP contribution is 2.41. The summed E-state index contributed by atoms with van der Waals surface area (Å²) in [5.41, 5.74) is 6.27. The normalized spacial score (nSPS) is 12.9. The summed E-state index contributed by atoms with van der Waals surface area (Å²) < 4.78 is 109. The third-order valence-electron chi connectivity index (χ3n) is 11.5. The molecule has 6 aromatic rings. The van der Waals surface area contributed by atoms with Crippen LogP contribution in [0.2, 0.25) is 0 Å². The Morgan fingerprint density at radius 1 is 0.469 bits per heavy atom. The molecule has 0 spiro atoms. The Bertz CT molecular complexity index is 2870. The van der Waals surface area contributed by atoms with Crippen molar-refractivity contribution in [3.8, 4) is 34.5 Å². The van der Waals surface area contributed by atoms with Crippen LogP contribution in [0.25, 0.3) is 0 Å². The average Bonchev–Trinajstić information content (AvgIpc) is 3.25. The van der Waals surface area contributed by atoms with Crippen molar-refractivity contribution in [3.63, 3.8) is 0 Å². The lowest BCUT2D eigenvalue weighted by atomic mass is 9.78. The van der Waals surface area contributed by atoms with Crippen molar-refractivity contribution in [1.82, 2.24) is 0 Å². The molecule has 0 unspecified atom stereocenters. The van der Waals surface area contributed by atoms with Gasteiger partial charge >= 0.3 is 0 Å². The van der Waals surface area contributed by atoms with Gasteiger partial charge in [-0.3, -0.25) is 9.11 Å². The molecule has 0 saturated heterocycles. The maximum atomic E-state index is 13.0. The third kappa shape index (κ3) is 10.0. The lowest BCUT2D eigenvalue weighted by Crippen LogP contribution is -2.18. The van der Waals surface area contributed by atoms with Gasteiger partial charge in [0.2, 0.25) is 6.79 Å². The Hall–Kier alpha value is -6.06. The SMILES string of the molecule is CCOc1ccc(C(C)(C)c2ccc(OCOc3c4cc(S(=O)(=O)O)cc3Cc3cc(S(=O)(=O)O)cc(c3OC)Cc3cccc(c3OCC)Cc3cccc(c3OC)C4)cc2)cc1. The molecule has 64 heavy (non-hydrogen) atoms. The van der Waals surface area contributed by atoms with Gasteiger partial charge in [0, 0.05) is 53.4 Å². The van der Waals surface area contributed by atoms with Crippen LogP contribution < -0.4 is 28.4 Å². The Balaban J connectivity index is 1.34. The highest BCUT2D eigenvalue weighted by atomic mass is 32.2. The first-order valence-corrected chi connectivity index (χ1v) is 23.7. The van der Waals surface area contributed by atoms with Gasteiger partial charge in [0.05, 0.1) is 37.2 Å². The van der Waals surface area contributed by atoms with Crippen molar-refractivity contribution in [3.05, 3.63) is 165 Å². The molecular formula is C50H52O12S2. The molecule has 1 aliphatic rings. The molecule has 336 valence electrons. The molecule has 12 nitrogen and oxygen atoms in total. The summed E-state index contributed by atoms with van der Waals surface area (Å²) >= 11 is 0. The van der Waals surface area contributed by atoms with Gasteiger partial charge in [-0.1, -0.05) is 74.5 Å². The lowest BCUT2D eigenvalue weighted by molar-refractivity contribution is 0.118. The number of benzene rings is 6. The molecular weight excluding hydrogens is 857 g/mol. The second-order valence-corrected chi connectivity index (χ2v) is 18.8. The van der Waals surface area contributed by atoms with Gasteiger partial charge in [-0.25, -0.2) is 0 Å². The highest BCUT2D eigenvalue weighted by Gasteiger charge is 2.27. The average molecular weight is 909 g/mol. The van der Waals surface area contributed by atoms with Crippen LogP contribution in [0.3, 0.4) is 0 Å². The van der Waals surface area contributed by atoms with Crippen LogP contribution in [0.15, 0.2) is 119 Å². The third-order valence-corrected chi connectivity index (χ3v) is 13.2. The Labute approximate surface area is 375 Å². The predicted molar refractivity (Wildman–Crippen MR) is 243 cm³/mol. The molecule has 6 aromatic carbocycles. The van der Waals surface area contributed by atoms with Crippen LogP contribution in [-0.2, 0) is 51.3 Å². The van der Waals surface area contributed by atoms with Crippen LogP contribution >= 0.6 is 0 Å². The summed E-state index contributed by atoms with van der Waals surface area (Å²) in [7, 11) is -6.52. The number of methoxy groups -OCH3 is 2. The maximum absolute atomic E-state index is 13.0. The van der Waals surface area contributed by atoms with Gasteiger partial charge in [-0.2, -0.15) is 16.8 Å². The van der Waals surface area contributed by atoms with Crippen molar-refractivity contribution in [2.75, 3.05) is 34.2 Å². The molecule has 0 atom stereocenters. The zero-order valence-corrected chi connectivity index (χ0v) is 38.3. The number of para-hydroxylation sites is 2. The highest BCUT2D eigenvalue weighted by molar-refractivity contribution is 7.86. The van der Waals surface area contributed by atoms with E-state index in [2.05, 4.69) is 26.0 Å². The van der Waals surface area contributed by atoms with E-state index in [0.29, 0.717) is 64.9 Å². The maximum Gasteiger partial charge on any atom is 0.294 e. The van der Waals surface area contributed by atoms with Crippen LogP contribution in [0, 0.1) is 0 Å². The van der Waals surface area contributed by atoms with E-state index in [0.717, 1.165) is 33.6 Å². The molecule has 8 bridgehead atoms. The van der Waals surface area contributed by atoms with E-state index >= 15 is 0 Å². The zero-order valence-electron chi connectivity index (χ0n) is 36.6. The summed E-state index contributed by atoms with van der Waals surface area (Å²) in [6.45, 7) is 8.73. The van der Waals surface area contributed by atoms with Gasteiger partial charge in [-0.05, 0) is 95.8 Å². The fourth-order valence-electron chi connectivity index (χ4n) is 8.39. The molecule has 0 aliphatic heterocycles. The molecule has 7 rings (SSSR count). The topological polar surface area (TPSA) is 164 Å². The quantitative estimate of drug-likeness (QED) is 0.0786. The van der Waals surface area contributed by atoms with Gasteiger partial charge in [0.15, 0.2) is 0 Å². The molecule has 0 radical (unpaired) electrons. The first-order valence-electron chi connectivity index (χ1n) is 20.8. The first kappa shape index (κ1) is 45.9. The molecule has 2 N–H and O–H groups in total. The second-order valence-electron chi connectivity index (χ2n) is 16.0. The van der Waals surface area contributed by atoms with Gasteiger partial charge < -0.3 is 28.4 Å². The Kier molecular flexibility index (Phi) is 13.6. The Morgan fingerprint density at radius 2 is 0.812 bits per heavy atom. The number of fused-ring (bicyclic) bond motifs is 8. The molecule has 0 heterocycles. The largest absolute Gasteiger partial charge is 0.496 e. The summed E-state index contributed by atoms with van der Waals surface area (Å²) in [5.74, 6) is 3.03. The van der Waals surface area contributed by atoms with Gasteiger partial charge in [-0.15, -0.1) is 0 Å². The van der Waals surface area contributed by atoms with Gasteiger partial charge in [0.1, 0.15) is 34.5 Å². The number of ether oxygens (including phenoxy) is 6. The first-order chi connectivity index (χ1) is 30.5.